The second kappa shape index (κ2) is 14.6. The minimum atomic E-state index is 1.10. The van der Waals surface area contributed by atoms with E-state index in [1.165, 1.54) is 82.0 Å². The third-order valence-electron chi connectivity index (χ3n) is 11.8. The lowest BCUT2D eigenvalue weighted by molar-refractivity contribution is 1.29. The van der Waals surface area contributed by atoms with Crippen molar-refractivity contribution in [2.45, 2.75) is 0 Å². The molecule has 1 heteroatoms. The highest BCUT2D eigenvalue weighted by Crippen LogP contribution is 2.46. The fourth-order valence-electron chi connectivity index (χ4n) is 9.03. The fourth-order valence-corrected chi connectivity index (χ4v) is 9.03. The van der Waals surface area contributed by atoms with E-state index in [1.807, 2.05) is 0 Å². The Morgan fingerprint density at radius 1 is 0.220 bits per heavy atom. The molecule has 1 nitrogen and oxygen atoms in total. The molecule has 59 heavy (non-hydrogen) atoms. The van der Waals surface area contributed by atoms with Crippen LogP contribution in [0.5, 0.6) is 0 Å². The van der Waals surface area contributed by atoms with Gasteiger partial charge in [0.15, 0.2) is 0 Å². The summed E-state index contributed by atoms with van der Waals surface area (Å²) in [6.07, 6.45) is 0. The highest BCUT2D eigenvalue weighted by atomic mass is 15.1. The van der Waals surface area contributed by atoms with Crippen molar-refractivity contribution >= 4 is 60.2 Å². The zero-order valence-corrected chi connectivity index (χ0v) is 32.5. The Labute approximate surface area is 344 Å². The minimum Gasteiger partial charge on any atom is -0.310 e. The van der Waals surface area contributed by atoms with Crippen molar-refractivity contribution in [2.24, 2.45) is 0 Å². The summed E-state index contributed by atoms with van der Waals surface area (Å²) in [5.41, 5.74) is 13.0. The number of hydrogen-bond acceptors (Lipinski definition) is 1. The van der Waals surface area contributed by atoms with Crippen LogP contribution in [0.15, 0.2) is 237 Å². The maximum Gasteiger partial charge on any atom is 0.0468 e. The molecule has 0 spiro atoms. The second-order valence-electron chi connectivity index (χ2n) is 15.3. The molecular formula is C58H39N. The van der Waals surface area contributed by atoms with Crippen LogP contribution in [-0.4, -0.2) is 0 Å². The van der Waals surface area contributed by atoms with Crippen molar-refractivity contribution in [3.05, 3.63) is 237 Å². The molecule has 11 rings (SSSR count). The largest absolute Gasteiger partial charge is 0.310 e. The maximum absolute atomic E-state index is 2.41. The number of hydrogen-bond donors (Lipinski definition) is 0. The molecule has 0 aromatic heterocycles. The number of rotatable bonds is 7. The first-order valence-electron chi connectivity index (χ1n) is 20.3. The summed E-state index contributed by atoms with van der Waals surface area (Å²) < 4.78 is 0. The fraction of sp³-hybridized carbons (Fsp3) is 0. The second-order valence-corrected chi connectivity index (χ2v) is 15.3. The number of anilines is 3. The molecule has 276 valence electrons. The summed E-state index contributed by atoms with van der Waals surface area (Å²) >= 11 is 0. The third-order valence-corrected chi connectivity index (χ3v) is 11.8. The van der Waals surface area contributed by atoms with Gasteiger partial charge in [-0.1, -0.05) is 194 Å². The van der Waals surface area contributed by atoms with Gasteiger partial charge in [0.2, 0.25) is 0 Å². The molecule has 0 fully saturated rings. The average molecular weight is 750 g/mol. The van der Waals surface area contributed by atoms with Crippen molar-refractivity contribution in [1.29, 1.82) is 0 Å². The lowest BCUT2D eigenvalue weighted by Crippen LogP contribution is -2.10. The topological polar surface area (TPSA) is 3.24 Å². The quantitative estimate of drug-likeness (QED) is 0.147. The van der Waals surface area contributed by atoms with Gasteiger partial charge in [-0.3, -0.25) is 0 Å². The maximum atomic E-state index is 2.41. The summed E-state index contributed by atoms with van der Waals surface area (Å²) in [7, 11) is 0. The zero-order valence-electron chi connectivity index (χ0n) is 32.5. The Morgan fingerprint density at radius 2 is 0.729 bits per heavy atom. The van der Waals surface area contributed by atoms with Crippen molar-refractivity contribution in [1.82, 2.24) is 0 Å². The van der Waals surface area contributed by atoms with Crippen LogP contribution in [0, 0.1) is 0 Å². The average Bonchev–Trinajstić information content (AvgIpc) is 3.31. The molecule has 0 atom stereocenters. The van der Waals surface area contributed by atoms with E-state index in [1.54, 1.807) is 0 Å². The van der Waals surface area contributed by atoms with Gasteiger partial charge in [-0.2, -0.15) is 0 Å². The molecule has 0 aliphatic heterocycles. The monoisotopic (exact) mass is 749 g/mol. The van der Waals surface area contributed by atoms with Crippen LogP contribution in [0.3, 0.4) is 0 Å². The molecule has 0 amide bonds. The first-order valence-corrected chi connectivity index (χ1v) is 20.3. The van der Waals surface area contributed by atoms with Crippen molar-refractivity contribution in [3.63, 3.8) is 0 Å². The molecule has 0 aliphatic rings. The summed E-state index contributed by atoms with van der Waals surface area (Å²) in [4.78, 5) is 2.39. The molecule has 0 bridgehead atoms. The number of benzene rings is 11. The summed E-state index contributed by atoms with van der Waals surface area (Å²) in [6.45, 7) is 0. The third kappa shape index (κ3) is 6.21. The van der Waals surface area contributed by atoms with Crippen LogP contribution in [0.25, 0.3) is 87.6 Å². The molecule has 11 aromatic carbocycles. The standard InChI is InChI=1S/C58H39N/c1-3-17-43(18-4-1)57-55-27-12-11-26-53(55)54-36-32-47(39-56(54)58(57)44-19-5-2-6-20-44)46-23-13-24-49(38-46)59(50-35-29-40-15-7-8-21-45(40)37-50)48-33-30-42(31-34-48)52-28-14-22-41-16-9-10-25-51(41)52/h1-39H. The number of fused-ring (bicyclic) bond motifs is 5. The predicted molar refractivity (Wildman–Crippen MR) is 253 cm³/mol. The lowest BCUT2D eigenvalue weighted by Gasteiger charge is -2.27. The van der Waals surface area contributed by atoms with Crippen LogP contribution in [0.2, 0.25) is 0 Å². The van der Waals surface area contributed by atoms with Gasteiger partial charge in [-0.15, -0.1) is 0 Å². The normalized spacial score (nSPS) is 11.4. The Bertz CT molecular complexity index is 3310. The van der Waals surface area contributed by atoms with Crippen molar-refractivity contribution < 1.29 is 0 Å². The van der Waals surface area contributed by atoms with Crippen LogP contribution in [-0.2, 0) is 0 Å². The lowest BCUT2D eigenvalue weighted by atomic mass is 9.84. The molecule has 0 aliphatic carbocycles. The summed E-state index contributed by atoms with van der Waals surface area (Å²) in [5, 5.41) is 9.96. The van der Waals surface area contributed by atoms with Crippen LogP contribution in [0.1, 0.15) is 0 Å². The molecule has 0 saturated carbocycles. The van der Waals surface area contributed by atoms with Crippen LogP contribution >= 0.6 is 0 Å². The van der Waals surface area contributed by atoms with Crippen molar-refractivity contribution in [3.8, 4) is 44.5 Å². The van der Waals surface area contributed by atoms with Gasteiger partial charge in [-0.25, -0.2) is 0 Å². The van der Waals surface area contributed by atoms with Crippen LogP contribution < -0.4 is 4.90 Å². The molecule has 11 aromatic rings. The zero-order chi connectivity index (χ0) is 39.1. The molecule has 0 unspecified atom stereocenters. The highest BCUT2D eigenvalue weighted by Gasteiger charge is 2.19. The minimum absolute atomic E-state index is 1.10. The molecule has 0 N–H and O–H groups in total. The molecule has 0 saturated heterocycles. The highest BCUT2D eigenvalue weighted by molar-refractivity contribution is 6.22. The summed E-state index contributed by atoms with van der Waals surface area (Å²) in [6, 6.07) is 86.3. The Hall–Kier alpha value is -7.74. The van der Waals surface area contributed by atoms with Crippen LogP contribution in [0.4, 0.5) is 17.1 Å². The summed E-state index contributed by atoms with van der Waals surface area (Å²) in [5.74, 6) is 0. The SMILES string of the molecule is c1ccc(-c2c(-c3ccccc3)c3cc(-c4cccc(N(c5ccc(-c6cccc7ccccc67)cc5)c5ccc6ccccc6c5)c4)ccc3c3ccccc23)cc1. The van der Waals surface area contributed by atoms with E-state index in [4.69, 9.17) is 0 Å². The molecular weight excluding hydrogens is 711 g/mol. The smallest absolute Gasteiger partial charge is 0.0468 e. The van der Waals surface area contributed by atoms with Gasteiger partial charge < -0.3 is 4.90 Å². The Kier molecular flexibility index (Phi) is 8.56. The van der Waals surface area contributed by atoms with Gasteiger partial charge in [-0.05, 0) is 130 Å². The first kappa shape index (κ1) is 34.5. The van der Waals surface area contributed by atoms with E-state index in [2.05, 4.69) is 241 Å². The van der Waals surface area contributed by atoms with E-state index in [0.717, 1.165) is 22.6 Å². The van der Waals surface area contributed by atoms with Gasteiger partial charge in [0.25, 0.3) is 0 Å². The van der Waals surface area contributed by atoms with E-state index >= 15 is 0 Å². The molecule has 0 heterocycles. The first-order chi connectivity index (χ1) is 29.3. The van der Waals surface area contributed by atoms with Gasteiger partial charge in [0.05, 0.1) is 0 Å². The Morgan fingerprint density at radius 3 is 1.49 bits per heavy atom. The van der Waals surface area contributed by atoms with Gasteiger partial charge in [0.1, 0.15) is 0 Å². The number of nitrogens with zero attached hydrogens (tertiary/aromatic N) is 1. The van der Waals surface area contributed by atoms with E-state index in [0.29, 0.717) is 0 Å². The van der Waals surface area contributed by atoms with Gasteiger partial charge in [0, 0.05) is 17.1 Å². The predicted octanol–water partition coefficient (Wildman–Crippen LogP) is 16.4. The van der Waals surface area contributed by atoms with Crippen molar-refractivity contribution in [2.75, 3.05) is 4.90 Å². The Balaban J connectivity index is 1.09. The van der Waals surface area contributed by atoms with E-state index < -0.39 is 0 Å². The molecule has 0 radical (unpaired) electrons. The van der Waals surface area contributed by atoms with E-state index in [-0.39, 0.29) is 0 Å². The van der Waals surface area contributed by atoms with E-state index in [9.17, 15) is 0 Å². The van der Waals surface area contributed by atoms with Gasteiger partial charge >= 0.3 is 0 Å².